The molecule has 5 atom stereocenters. The second-order valence-corrected chi connectivity index (χ2v) is 9.33. The van der Waals surface area contributed by atoms with Gasteiger partial charge in [0.25, 0.3) is 16.6 Å². The van der Waals surface area contributed by atoms with Gasteiger partial charge in [-0.2, -0.15) is 8.42 Å². The molecular formula is C17H22O9S. The Morgan fingerprint density at radius 3 is 2.63 bits per heavy atom. The predicted octanol–water partition coefficient (Wildman–Crippen LogP) is 0.478. The van der Waals surface area contributed by atoms with E-state index in [0.717, 1.165) is 0 Å². The molecule has 10 heteroatoms. The summed E-state index contributed by atoms with van der Waals surface area (Å²) in [6, 6.07) is 0. The molecule has 0 N–H and O–H groups in total. The highest BCUT2D eigenvalue weighted by atomic mass is 32.2. The average Bonchev–Trinajstić information content (AvgIpc) is 3.08. The topological polar surface area (TPSA) is 122 Å². The zero-order valence-corrected chi connectivity index (χ0v) is 16.0. The van der Waals surface area contributed by atoms with Crippen molar-refractivity contribution in [3.05, 3.63) is 12.2 Å². The number of carbonyl (C=O) groups excluding carboxylic acids is 3. The number of hydrogen-bond acceptors (Lipinski definition) is 9. The van der Waals surface area contributed by atoms with Crippen LogP contribution in [0.4, 0.5) is 0 Å². The lowest BCUT2D eigenvalue weighted by molar-refractivity contribution is -0.164. The molecule has 2 aliphatic carbocycles. The van der Waals surface area contributed by atoms with Gasteiger partial charge in [-0.05, 0) is 26.2 Å². The fourth-order valence-electron chi connectivity index (χ4n) is 4.81. The highest BCUT2D eigenvalue weighted by Gasteiger charge is 2.79. The van der Waals surface area contributed by atoms with Crippen molar-refractivity contribution in [3.63, 3.8) is 0 Å². The molecule has 5 unspecified atom stereocenters. The molecule has 0 spiro atoms. The van der Waals surface area contributed by atoms with Crippen molar-refractivity contribution in [2.75, 3.05) is 13.2 Å². The monoisotopic (exact) mass is 402 g/mol. The Bertz CT molecular complexity index is 788. The Labute approximate surface area is 157 Å². The standard InChI is InChI=1S/C17H22O9S/c1-10(2)15(20)25-13-14-17(4-5-23-9-18)7-16(13,8-24-11(3)19)6-12(17)27(21,22)26-14/h9,12-14H,1,4-8H2,2-3H3. The maximum absolute atomic E-state index is 12.6. The van der Waals surface area contributed by atoms with Gasteiger partial charge in [0.1, 0.15) is 18.8 Å². The summed E-state index contributed by atoms with van der Waals surface area (Å²) in [7, 11) is -3.89. The van der Waals surface area contributed by atoms with Crippen LogP contribution in [-0.2, 0) is 42.9 Å². The lowest BCUT2D eigenvalue weighted by Crippen LogP contribution is -2.49. The third-order valence-electron chi connectivity index (χ3n) is 5.84. The van der Waals surface area contributed by atoms with Crippen molar-refractivity contribution in [1.82, 2.24) is 0 Å². The van der Waals surface area contributed by atoms with Crippen LogP contribution in [0.15, 0.2) is 12.2 Å². The van der Waals surface area contributed by atoms with Crippen molar-refractivity contribution >= 4 is 28.5 Å². The summed E-state index contributed by atoms with van der Waals surface area (Å²) >= 11 is 0. The van der Waals surface area contributed by atoms with E-state index in [1.54, 1.807) is 0 Å². The summed E-state index contributed by atoms with van der Waals surface area (Å²) in [5.41, 5.74) is -1.59. The molecule has 150 valence electrons. The van der Waals surface area contributed by atoms with Gasteiger partial charge >= 0.3 is 11.9 Å². The number of rotatable bonds is 8. The number of ether oxygens (including phenoxy) is 3. The summed E-state index contributed by atoms with van der Waals surface area (Å²) < 4.78 is 46.0. The minimum Gasteiger partial charge on any atom is -0.468 e. The van der Waals surface area contributed by atoms with E-state index in [2.05, 4.69) is 6.58 Å². The van der Waals surface area contributed by atoms with E-state index in [9.17, 15) is 22.8 Å². The summed E-state index contributed by atoms with van der Waals surface area (Å²) in [5.74, 6) is -1.18. The lowest BCUT2D eigenvalue weighted by Gasteiger charge is -2.37. The minimum atomic E-state index is -3.89. The molecule has 27 heavy (non-hydrogen) atoms. The van der Waals surface area contributed by atoms with Gasteiger partial charge in [-0.15, -0.1) is 0 Å². The van der Waals surface area contributed by atoms with Gasteiger partial charge in [-0.3, -0.25) is 13.8 Å². The van der Waals surface area contributed by atoms with Gasteiger partial charge < -0.3 is 14.2 Å². The predicted molar refractivity (Wildman–Crippen MR) is 89.6 cm³/mol. The lowest BCUT2D eigenvalue weighted by atomic mass is 9.76. The Hall–Kier alpha value is -1.94. The summed E-state index contributed by atoms with van der Waals surface area (Å²) in [5, 5.41) is -0.833. The van der Waals surface area contributed by atoms with Gasteiger partial charge in [0, 0.05) is 23.3 Å². The molecule has 2 bridgehead atoms. The molecular weight excluding hydrogens is 380 g/mol. The second-order valence-electron chi connectivity index (χ2n) is 7.58. The van der Waals surface area contributed by atoms with Crippen molar-refractivity contribution in [2.24, 2.45) is 10.8 Å². The van der Waals surface area contributed by atoms with Gasteiger partial charge in [0.05, 0.1) is 11.9 Å². The Morgan fingerprint density at radius 2 is 2.04 bits per heavy atom. The zero-order valence-electron chi connectivity index (χ0n) is 15.1. The largest absolute Gasteiger partial charge is 0.468 e. The van der Waals surface area contributed by atoms with Crippen molar-refractivity contribution in [3.8, 4) is 0 Å². The van der Waals surface area contributed by atoms with E-state index in [-0.39, 0.29) is 31.6 Å². The van der Waals surface area contributed by atoms with Crippen LogP contribution in [-0.4, -0.2) is 57.5 Å². The van der Waals surface area contributed by atoms with Crippen LogP contribution >= 0.6 is 0 Å². The van der Waals surface area contributed by atoms with Crippen molar-refractivity contribution < 1.29 is 41.2 Å². The quantitative estimate of drug-likeness (QED) is 0.142. The molecule has 1 aliphatic heterocycles. The highest BCUT2D eigenvalue weighted by molar-refractivity contribution is 7.87. The summed E-state index contributed by atoms with van der Waals surface area (Å²) in [6.45, 7) is 6.51. The van der Waals surface area contributed by atoms with Crippen LogP contribution in [0, 0.1) is 10.8 Å². The van der Waals surface area contributed by atoms with Gasteiger partial charge in [0.2, 0.25) is 0 Å². The van der Waals surface area contributed by atoms with E-state index in [4.69, 9.17) is 18.4 Å². The molecule has 3 aliphatic rings. The van der Waals surface area contributed by atoms with Crippen LogP contribution in [0.2, 0.25) is 0 Å². The van der Waals surface area contributed by atoms with E-state index in [1.165, 1.54) is 13.8 Å². The van der Waals surface area contributed by atoms with Crippen LogP contribution in [0.25, 0.3) is 0 Å². The molecule has 3 rings (SSSR count). The van der Waals surface area contributed by atoms with Gasteiger partial charge in [-0.1, -0.05) is 6.58 Å². The fraction of sp³-hybridized carbons (Fsp3) is 0.706. The van der Waals surface area contributed by atoms with E-state index in [0.29, 0.717) is 12.9 Å². The molecule has 0 aromatic rings. The number of carbonyl (C=O) groups is 3. The average molecular weight is 402 g/mol. The first-order valence-electron chi connectivity index (χ1n) is 8.55. The summed E-state index contributed by atoms with van der Waals surface area (Å²) in [6.07, 6.45) is -1.14. The molecule has 0 aromatic carbocycles. The normalized spacial score (nSPS) is 37.6. The van der Waals surface area contributed by atoms with Crippen LogP contribution in [0.5, 0.6) is 0 Å². The number of fused-ring (bicyclic) bond motifs is 1. The Kier molecular flexibility index (Phi) is 4.84. The third-order valence-corrected chi connectivity index (χ3v) is 7.65. The van der Waals surface area contributed by atoms with Gasteiger partial charge in [-0.25, -0.2) is 4.79 Å². The first-order valence-corrected chi connectivity index (χ1v) is 10.0. The molecule has 0 aromatic heterocycles. The fourth-order valence-corrected chi connectivity index (χ4v) is 6.98. The first-order chi connectivity index (χ1) is 12.6. The Morgan fingerprint density at radius 1 is 1.33 bits per heavy atom. The van der Waals surface area contributed by atoms with Crippen LogP contribution in [0.1, 0.15) is 33.1 Å². The molecule has 9 nitrogen and oxygen atoms in total. The smallest absolute Gasteiger partial charge is 0.333 e. The first kappa shape index (κ1) is 19.8. The molecule has 1 saturated heterocycles. The van der Waals surface area contributed by atoms with Crippen molar-refractivity contribution in [2.45, 2.75) is 50.6 Å². The molecule has 2 saturated carbocycles. The Balaban J connectivity index is 1.99. The van der Waals surface area contributed by atoms with Gasteiger partial charge in [0.15, 0.2) is 0 Å². The number of hydrogen-bond donors (Lipinski definition) is 0. The van der Waals surface area contributed by atoms with E-state index < -0.39 is 50.3 Å². The molecule has 0 amide bonds. The molecule has 3 fully saturated rings. The summed E-state index contributed by atoms with van der Waals surface area (Å²) in [4.78, 5) is 34.0. The highest BCUT2D eigenvalue weighted by Crippen LogP contribution is 2.70. The van der Waals surface area contributed by atoms with E-state index in [1.807, 2.05) is 0 Å². The van der Waals surface area contributed by atoms with Crippen LogP contribution in [0.3, 0.4) is 0 Å². The zero-order chi connectivity index (χ0) is 20.0. The third kappa shape index (κ3) is 3.04. The molecule has 1 heterocycles. The van der Waals surface area contributed by atoms with Crippen LogP contribution < -0.4 is 0 Å². The second kappa shape index (κ2) is 6.59. The maximum atomic E-state index is 12.6. The number of esters is 2. The minimum absolute atomic E-state index is 0.0141. The van der Waals surface area contributed by atoms with E-state index >= 15 is 0 Å². The van der Waals surface area contributed by atoms with Crippen molar-refractivity contribution in [1.29, 1.82) is 0 Å². The molecule has 0 radical (unpaired) electrons. The SMILES string of the molecule is C=C(C)C(=O)OC1C2OS(=O)(=O)C3CC1(COC(C)=O)CC23CCOC=O. The maximum Gasteiger partial charge on any atom is 0.333 e.